The first-order valence-corrected chi connectivity index (χ1v) is 7.83. The molecule has 0 atom stereocenters. The first-order chi connectivity index (χ1) is 9.24. The minimum atomic E-state index is 0.617. The molecule has 0 N–H and O–H groups in total. The van der Waals surface area contributed by atoms with Gasteiger partial charge in [-0.2, -0.15) is 0 Å². The van der Waals surface area contributed by atoms with Crippen molar-refractivity contribution in [3.63, 3.8) is 0 Å². The lowest BCUT2D eigenvalue weighted by Crippen LogP contribution is -2.13. The average Bonchev–Trinajstić information content (AvgIpc) is 2.82. The zero-order valence-corrected chi connectivity index (χ0v) is 12.2. The fourth-order valence-corrected chi connectivity index (χ4v) is 3.38. The maximum absolute atomic E-state index is 2.47. The van der Waals surface area contributed by atoms with Crippen molar-refractivity contribution in [2.24, 2.45) is 5.92 Å². The first kappa shape index (κ1) is 12.8. The fourth-order valence-electron chi connectivity index (χ4n) is 3.38. The van der Waals surface area contributed by atoms with Gasteiger partial charge in [-0.05, 0) is 53.8 Å². The third-order valence-corrected chi connectivity index (χ3v) is 4.64. The van der Waals surface area contributed by atoms with Crippen molar-refractivity contribution in [1.82, 2.24) is 4.57 Å². The molecule has 0 bridgehead atoms. The Balaban J connectivity index is 1.84. The normalized spacial score (nSPS) is 17.4. The van der Waals surface area contributed by atoms with Crippen LogP contribution >= 0.6 is 0 Å². The monoisotopic (exact) mass is 255 g/mol. The molecule has 1 heterocycles. The van der Waals surface area contributed by atoms with E-state index in [2.05, 4.69) is 48.9 Å². The highest BCUT2D eigenvalue weighted by atomic mass is 15.0. The second-order valence-electron chi connectivity index (χ2n) is 6.45. The number of benzene rings is 1. The van der Waals surface area contributed by atoms with Crippen molar-refractivity contribution < 1.29 is 0 Å². The van der Waals surface area contributed by atoms with Crippen molar-refractivity contribution in [2.45, 2.75) is 58.4 Å². The Labute approximate surface area is 116 Å². The molecule has 0 unspecified atom stereocenters. The van der Waals surface area contributed by atoms with Crippen molar-refractivity contribution in [2.75, 3.05) is 0 Å². The predicted octanol–water partition coefficient (Wildman–Crippen LogP) is 5.35. The van der Waals surface area contributed by atoms with Gasteiger partial charge in [0.05, 0.1) is 0 Å². The molecule has 102 valence electrons. The first-order valence-electron chi connectivity index (χ1n) is 7.83. The van der Waals surface area contributed by atoms with Gasteiger partial charge in [-0.15, -0.1) is 0 Å². The molecule has 0 radical (unpaired) electrons. The summed E-state index contributed by atoms with van der Waals surface area (Å²) < 4.78 is 2.47. The molecule has 1 aliphatic carbocycles. The van der Waals surface area contributed by atoms with Crippen LogP contribution in [0.3, 0.4) is 0 Å². The summed E-state index contributed by atoms with van der Waals surface area (Å²) in [5.74, 6) is 1.51. The Hall–Kier alpha value is -1.24. The van der Waals surface area contributed by atoms with E-state index >= 15 is 0 Å². The van der Waals surface area contributed by atoms with Crippen LogP contribution in [0.5, 0.6) is 0 Å². The predicted molar refractivity (Wildman–Crippen MR) is 82.6 cm³/mol. The molecule has 2 aromatic rings. The number of hydrogen-bond donors (Lipinski definition) is 0. The molecule has 1 aromatic heterocycles. The highest BCUT2D eigenvalue weighted by Gasteiger charge is 2.14. The summed E-state index contributed by atoms with van der Waals surface area (Å²) in [5, 5.41) is 1.40. The van der Waals surface area contributed by atoms with E-state index in [0.717, 1.165) is 5.92 Å². The molecule has 3 rings (SSSR count). The van der Waals surface area contributed by atoms with Gasteiger partial charge in [0.1, 0.15) is 0 Å². The SMILES string of the molecule is CC(C)c1ccc2c(ccn2CC2CCCCC2)c1. The average molecular weight is 255 g/mol. The van der Waals surface area contributed by atoms with E-state index < -0.39 is 0 Å². The maximum Gasteiger partial charge on any atom is 0.0480 e. The molecule has 0 aliphatic heterocycles. The minimum Gasteiger partial charge on any atom is -0.347 e. The summed E-state index contributed by atoms with van der Waals surface area (Å²) in [6.45, 7) is 5.74. The maximum atomic E-state index is 2.47. The quantitative estimate of drug-likeness (QED) is 0.697. The highest BCUT2D eigenvalue weighted by molar-refractivity contribution is 5.81. The summed E-state index contributed by atoms with van der Waals surface area (Å²) in [4.78, 5) is 0. The van der Waals surface area contributed by atoms with Gasteiger partial charge in [0.2, 0.25) is 0 Å². The summed E-state index contributed by atoms with van der Waals surface area (Å²) in [7, 11) is 0. The third-order valence-electron chi connectivity index (χ3n) is 4.64. The lowest BCUT2D eigenvalue weighted by molar-refractivity contribution is 0.322. The summed E-state index contributed by atoms with van der Waals surface area (Å²) in [5.41, 5.74) is 2.86. The molecule has 0 spiro atoms. The molecular weight excluding hydrogens is 230 g/mol. The third kappa shape index (κ3) is 2.70. The van der Waals surface area contributed by atoms with E-state index in [4.69, 9.17) is 0 Å². The van der Waals surface area contributed by atoms with Crippen LogP contribution in [0.1, 0.15) is 57.4 Å². The summed E-state index contributed by atoms with van der Waals surface area (Å²) >= 11 is 0. The fraction of sp³-hybridized carbons (Fsp3) is 0.556. The number of nitrogens with zero attached hydrogens (tertiary/aromatic N) is 1. The lowest BCUT2D eigenvalue weighted by atomic mass is 9.89. The van der Waals surface area contributed by atoms with E-state index in [1.54, 1.807) is 0 Å². The number of hydrogen-bond acceptors (Lipinski definition) is 0. The van der Waals surface area contributed by atoms with E-state index in [1.807, 2.05) is 0 Å². The number of rotatable bonds is 3. The molecule has 1 saturated carbocycles. The van der Waals surface area contributed by atoms with Gasteiger partial charge < -0.3 is 4.57 Å². The Bertz CT molecular complexity index is 544. The molecule has 19 heavy (non-hydrogen) atoms. The second-order valence-corrected chi connectivity index (χ2v) is 6.45. The van der Waals surface area contributed by atoms with Crippen LogP contribution in [0.2, 0.25) is 0 Å². The molecule has 1 aromatic carbocycles. The summed E-state index contributed by atoms with van der Waals surface area (Å²) in [6, 6.07) is 9.25. The Kier molecular flexibility index (Phi) is 3.63. The standard InChI is InChI=1S/C18H25N/c1-14(2)16-8-9-18-17(12-16)10-11-19(18)13-15-6-4-3-5-7-15/h8-12,14-15H,3-7,13H2,1-2H3. The van der Waals surface area contributed by atoms with E-state index in [0.29, 0.717) is 5.92 Å². The van der Waals surface area contributed by atoms with Crippen molar-refractivity contribution in [1.29, 1.82) is 0 Å². The second kappa shape index (κ2) is 5.40. The minimum absolute atomic E-state index is 0.617. The van der Waals surface area contributed by atoms with Gasteiger partial charge in [-0.25, -0.2) is 0 Å². The van der Waals surface area contributed by atoms with Crippen molar-refractivity contribution in [3.8, 4) is 0 Å². The van der Waals surface area contributed by atoms with Gasteiger partial charge in [0, 0.05) is 18.3 Å². The van der Waals surface area contributed by atoms with Crippen molar-refractivity contribution >= 4 is 10.9 Å². The topological polar surface area (TPSA) is 4.93 Å². The van der Waals surface area contributed by atoms with Crippen LogP contribution in [0.25, 0.3) is 10.9 Å². The number of fused-ring (bicyclic) bond motifs is 1. The molecule has 1 fully saturated rings. The van der Waals surface area contributed by atoms with Gasteiger partial charge in [0.15, 0.2) is 0 Å². The molecular formula is C18H25N. The van der Waals surface area contributed by atoms with Crippen LogP contribution in [0.4, 0.5) is 0 Å². The Morgan fingerprint density at radius 3 is 2.63 bits per heavy atom. The lowest BCUT2D eigenvalue weighted by Gasteiger charge is -2.22. The van der Waals surface area contributed by atoms with Gasteiger partial charge in [-0.1, -0.05) is 39.2 Å². The summed E-state index contributed by atoms with van der Waals surface area (Å²) in [6.07, 6.45) is 9.43. The van der Waals surface area contributed by atoms with Crippen LogP contribution in [0, 0.1) is 5.92 Å². The highest BCUT2D eigenvalue weighted by Crippen LogP contribution is 2.28. The van der Waals surface area contributed by atoms with Gasteiger partial charge in [0.25, 0.3) is 0 Å². The van der Waals surface area contributed by atoms with Crippen LogP contribution in [0.15, 0.2) is 30.5 Å². The van der Waals surface area contributed by atoms with Crippen molar-refractivity contribution in [3.05, 3.63) is 36.0 Å². The zero-order valence-electron chi connectivity index (χ0n) is 12.2. The Morgan fingerprint density at radius 2 is 1.89 bits per heavy atom. The molecule has 0 amide bonds. The van der Waals surface area contributed by atoms with E-state index in [9.17, 15) is 0 Å². The van der Waals surface area contributed by atoms with Gasteiger partial charge >= 0.3 is 0 Å². The molecule has 1 heteroatoms. The van der Waals surface area contributed by atoms with Crippen LogP contribution < -0.4 is 0 Å². The van der Waals surface area contributed by atoms with E-state index in [-0.39, 0.29) is 0 Å². The zero-order chi connectivity index (χ0) is 13.2. The van der Waals surface area contributed by atoms with E-state index in [1.165, 1.54) is 55.1 Å². The molecule has 1 nitrogen and oxygen atoms in total. The number of aromatic nitrogens is 1. The Morgan fingerprint density at radius 1 is 1.11 bits per heavy atom. The largest absolute Gasteiger partial charge is 0.347 e. The van der Waals surface area contributed by atoms with Crippen LogP contribution in [-0.4, -0.2) is 4.57 Å². The van der Waals surface area contributed by atoms with Gasteiger partial charge in [-0.3, -0.25) is 0 Å². The molecule has 0 saturated heterocycles. The van der Waals surface area contributed by atoms with Crippen LogP contribution in [-0.2, 0) is 6.54 Å². The molecule has 1 aliphatic rings. The smallest absolute Gasteiger partial charge is 0.0480 e.